The maximum Gasteiger partial charge on any atom is 0.375 e. The molecule has 1 fully saturated rings. The highest BCUT2D eigenvalue weighted by atomic mass is 16.7. The van der Waals surface area contributed by atoms with E-state index < -0.39 is 0 Å². The predicted octanol–water partition coefficient (Wildman–Crippen LogP) is 5.39. The average Bonchev–Trinajstić information content (AvgIpc) is 3.07. The van der Waals surface area contributed by atoms with Crippen LogP contribution >= 0.6 is 0 Å². The van der Waals surface area contributed by atoms with Crippen molar-refractivity contribution in [1.82, 2.24) is 5.06 Å². The molecule has 0 saturated heterocycles. The van der Waals surface area contributed by atoms with Crippen molar-refractivity contribution in [3.05, 3.63) is 47.2 Å². The molecule has 1 saturated carbocycles. The molecule has 1 aromatic carbocycles. The van der Waals surface area contributed by atoms with E-state index in [4.69, 9.17) is 9.57 Å². The minimum Gasteiger partial charge on any atom is -0.463 e. The third-order valence-corrected chi connectivity index (χ3v) is 5.87. The summed E-state index contributed by atoms with van der Waals surface area (Å²) in [6.45, 7) is 2.90. The number of benzene rings is 1. The van der Waals surface area contributed by atoms with Crippen LogP contribution in [0.15, 0.2) is 41.7 Å². The molecule has 4 heteroatoms. The summed E-state index contributed by atoms with van der Waals surface area (Å²) < 4.78 is 5.06. The highest BCUT2D eigenvalue weighted by Gasteiger charge is 2.42. The Balaban J connectivity index is 1.87. The number of methoxy groups -OCH3 is 1. The summed E-state index contributed by atoms with van der Waals surface area (Å²) in [5, 5.41) is 2.05. The number of hydrogen-bond acceptors (Lipinski definition) is 4. The normalized spacial score (nSPS) is 21.3. The zero-order valence-corrected chi connectivity index (χ0v) is 16.8. The number of hydrogen-bond donors (Lipinski definition) is 0. The van der Waals surface area contributed by atoms with Crippen molar-refractivity contribution in [2.24, 2.45) is 5.92 Å². The molecule has 0 bridgehead atoms. The number of carbonyl (C=O) groups excluding carboxylic acids is 1. The van der Waals surface area contributed by atoms with Gasteiger partial charge >= 0.3 is 5.97 Å². The van der Waals surface area contributed by atoms with E-state index in [9.17, 15) is 4.79 Å². The number of esters is 1. The Labute approximate surface area is 163 Å². The van der Waals surface area contributed by atoms with Gasteiger partial charge in [0.2, 0.25) is 5.76 Å². The van der Waals surface area contributed by atoms with E-state index in [1.807, 2.05) is 6.07 Å². The molecule has 2 aliphatic rings. The topological polar surface area (TPSA) is 38.8 Å². The van der Waals surface area contributed by atoms with Gasteiger partial charge in [0.05, 0.1) is 19.7 Å². The molecule has 1 aliphatic carbocycles. The van der Waals surface area contributed by atoms with Crippen molar-refractivity contribution in [3.8, 4) is 0 Å². The summed E-state index contributed by atoms with van der Waals surface area (Å²) in [7, 11) is 1.44. The first kappa shape index (κ1) is 19.9. The lowest BCUT2D eigenvalue weighted by Crippen LogP contribution is -2.38. The van der Waals surface area contributed by atoms with Gasteiger partial charge in [0, 0.05) is 5.57 Å². The molecule has 1 unspecified atom stereocenters. The maximum atomic E-state index is 12.5. The lowest BCUT2D eigenvalue weighted by molar-refractivity contribution is -0.164. The quantitative estimate of drug-likeness (QED) is 0.454. The molecule has 0 spiro atoms. The Morgan fingerprint density at radius 3 is 2.56 bits per heavy atom. The van der Waals surface area contributed by atoms with Gasteiger partial charge in [-0.25, -0.2) is 4.79 Å². The van der Waals surface area contributed by atoms with Crippen LogP contribution in [0.5, 0.6) is 0 Å². The van der Waals surface area contributed by atoms with Crippen LogP contribution in [-0.2, 0) is 20.9 Å². The van der Waals surface area contributed by atoms with Crippen LogP contribution in [0.2, 0.25) is 0 Å². The summed E-state index contributed by atoms with van der Waals surface area (Å²) in [5.74, 6) is 0.666. The molecule has 3 rings (SSSR count). The minimum absolute atomic E-state index is 0.191. The molecule has 1 aromatic rings. The fourth-order valence-electron chi connectivity index (χ4n) is 4.49. The average molecular weight is 372 g/mol. The van der Waals surface area contributed by atoms with Gasteiger partial charge in [-0.2, -0.15) is 0 Å². The molecule has 1 heterocycles. The van der Waals surface area contributed by atoms with E-state index in [0.717, 1.165) is 18.4 Å². The predicted molar refractivity (Wildman–Crippen MR) is 107 cm³/mol. The molecule has 0 radical (unpaired) electrons. The Kier molecular flexibility index (Phi) is 7.33. The van der Waals surface area contributed by atoms with Crippen molar-refractivity contribution in [2.75, 3.05) is 7.11 Å². The van der Waals surface area contributed by atoms with E-state index in [-0.39, 0.29) is 12.0 Å². The molecule has 1 atom stereocenters. The smallest absolute Gasteiger partial charge is 0.375 e. The van der Waals surface area contributed by atoms with Gasteiger partial charge in [-0.05, 0) is 37.2 Å². The first-order valence-corrected chi connectivity index (χ1v) is 10.5. The van der Waals surface area contributed by atoms with Gasteiger partial charge < -0.3 is 9.57 Å². The Bertz CT molecular complexity index is 634. The molecule has 1 aliphatic heterocycles. The summed E-state index contributed by atoms with van der Waals surface area (Å²) in [6.07, 6.45) is 10.7. The fraction of sp³-hybridized carbons (Fsp3) is 0.609. The molecule has 0 aromatic heterocycles. The molecule has 27 heavy (non-hydrogen) atoms. The highest BCUT2D eigenvalue weighted by molar-refractivity contribution is 5.87. The number of rotatable bonds is 8. The van der Waals surface area contributed by atoms with Crippen molar-refractivity contribution in [1.29, 1.82) is 0 Å². The van der Waals surface area contributed by atoms with E-state index >= 15 is 0 Å². The van der Waals surface area contributed by atoms with Crippen molar-refractivity contribution in [3.63, 3.8) is 0 Å². The van der Waals surface area contributed by atoms with E-state index in [1.165, 1.54) is 57.6 Å². The van der Waals surface area contributed by atoms with E-state index in [1.54, 1.807) is 0 Å². The SMILES string of the molecule is CCCCCC1=C(C(=O)OC)ON(Cc2ccccc2)C1C1CCCCC1. The highest BCUT2D eigenvalue weighted by Crippen LogP contribution is 2.41. The number of hydroxylamine groups is 2. The largest absolute Gasteiger partial charge is 0.463 e. The van der Waals surface area contributed by atoms with Crippen LogP contribution in [0.25, 0.3) is 0 Å². The lowest BCUT2D eigenvalue weighted by Gasteiger charge is -2.34. The number of nitrogens with zero attached hydrogens (tertiary/aromatic N) is 1. The second-order valence-corrected chi connectivity index (χ2v) is 7.80. The standard InChI is InChI=1S/C23H33NO3/c1-3-4-7-16-20-21(19-14-10-6-11-15-19)24(27-22(20)23(25)26-2)17-18-12-8-5-9-13-18/h5,8-9,12-13,19,21H,3-4,6-7,10-11,14-17H2,1-2H3. The zero-order chi connectivity index (χ0) is 19.1. The summed E-state index contributed by atoms with van der Waals surface area (Å²) in [5.41, 5.74) is 2.37. The molecular weight excluding hydrogens is 338 g/mol. The summed E-state index contributed by atoms with van der Waals surface area (Å²) in [6, 6.07) is 10.6. The maximum absolute atomic E-state index is 12.5. The Morgan fingerprint density at radius 2 is 1.89 bits per heavy atom. The van der Waals surface area contributed by atoms with Gasteiger partial charge in [0.1, 0.15) is 0 Å². The first-order chi connectivity index (χ1) is 13.2. The third-order valence-electron chi connectivity index (χ3n) is 5.87. The number of carbonyl (C=O) groups is 1. The van der Waals surface area contributed by atoms with E-state index in [0.29, 0.717) is 18.2 Å². The number of unbranched alkanes of at least 4 members (excludes halogenated alkanes) is 2. The van der Waals surface area contributed by atoms with Crippen LogP contribution in [-0.4, -0.2) is 24.2 Å². The minimum atomic E-state index is -0.335. The summed E-state index contributed by atoms with van der Waals surface area (Å²) in [4.78, 5) is 18.6. The van der Waals surface area contributed by atoms with E-state index in [2.05, 4.69) is 36.3 Å². The van der Waals surface area contributed by atoms with Crippen molar-refractivity contribution >= 4 is 5.97 Å². The first-order valence-electron chi connectivity index (χ1n) is 10.5. The molecule has 0 amide bonds. The zero-order valence-electron chi connectivity index (χ0n) is 16.8. The van der Waals surface area contributed by atoms with Gasteiger partial charge in [0.15, 0.2) is 0 Å². The van der Waals surface area contributed by atoms with Gasteiger partial charge in [-0.15, -0.1) is 5.06 Å². The lowest BCUT2D eigenvalue weighted by atomic mass is 9.79. The second-order valence-electron chi connectivity index (χ2n) is 7.80. The number of ether oxygens (including phenoxy) is 1. The van der Waals surface area contributed by atoms with Gasteiger partial charge in [0.25, 0.3) is 0 Å². The van der Waals surface area contributed by atoms with Crippen LogP contribution < -0.4 is 0 Å². The fourth-order valence-corrected chi connectivity index (χ4v) is 4.49. The Morgan fingerprint density at radius 1 is 1.15 bits per heavy atom. The Hall–Kier alpha value is -1.81. The molecule has 0 N–H and O–H groups in total. The molecule has 148 valence electrons. The monoisotopic (exact) mass is 371 g/mol. The van der Waals surface area contributed by atoms with Crippen molar-refractivity contribution in [2.45, 2.75) is 77.3 Å². The second kappa shape index (κ2) is 9.93. The molecule has 4 nitrogen and oxygen atoms in total. The van der Waals surface area contributed by atoms with Gasteiger partial charge in [-0.3, -0.25) is 0 Å². The summed E-state index contributed by atoms with van der Waals surface area (Å²) >= 11 is 0. The van der Waals surface area contributed by atoms with Crippen LogP contribution in [0, 0.1) is 5.92 Å². The van der Waals surface area contributed by atoms with Crippen molar-refractivity contribution < 1.29 is 14.4 Å². The molecular formula is C23H33NO3. The van der Waals surface area contributed by atoms with Crippen LogP contribution in [0.1, 0.15) is 70.3 Å². The van der Waals surface area contributed by atoms with Crippen LogP contribution in [0.4, 0.5) is 0 Å². The third kappa shape index (κ3) is 4.92. The van der Waals surface area contributed by atoms with Gasteiger partial charge in [-0.1, -0.05) is 69.4 Å². The van der Waals surface area contributed by atoms with Crippen LogP contribution in [0.3, 0.4) is 0 Å².